The van der Waals surface area contributed by atoms with Crippen LogP contribution in [0, 0.1) is 16.0 Å². The molecular weight excluding hydrogens is 294 g/mol. The van der Waals surface area contributed by atoms with Gasteiger partial charge in [-0.05, 0) is 44.8 Å². The van der Waals surface area contributed by atoms with Gasteiger partial charge in [0.05, 0.1) is 4.92 Å². The summed E-state index contributed by atoms with van der Waals surface area (Å²) in [5.74, 6) is 0.191. The third-order valence-corrected chi connectivity index (χ3v) is 5.34. The molecule has 0 aliphatic carbocycles. The molecule has 1 aliphatic heterocycles. The van der Waals surface area contributed by atoms with Crippen molar-refractivity contribution in [1.82, 2.24) is 10.0 Å². The molecule has 1 aliphatic rings. The first kappa shape index (κ1) is 15.9. The zero-order chi connectivity index (χ0) is 15.5. The molecule has 1 aromatic carbocycles. The number of nitrogens with one attached hydrogen (secondary N) is 2. The van der Waals surface area contributed by atoms with Crippen LogP contribution < -0.4 is 10.0 Å². The summed E-state index contributed by atoms with van der Waals surface area (Å²) in [6, 6.07) is 5.11. The van der Waals surface area contributed by atoms with Crippen LogP contribution in [0.25, 0.3) is 0 Å². The number of benzene rings is 1. The van der Waals surface area contributed by atoms with Crippen molar-refractivity contribution in [3.05, 3.63) is 34.4 Å². The Morgan fingerprint density at radius 3 is 2.76 bits per heavy atom. The van der Waals surface area contributed by atoms with Gasteiger partial charge in [0, 0.05) is 12.1 Å². The number of hydrogen-bond donors (Lipinski definition) is 2. The van der Waals surface area contributed by atoms with Crippen molar-refractivity contribution in [2.24, 2.45) is 5.92 Å². The molecule has 0 aromatic heterocycles. The minimum absolute atomic E-state index is 0.191. The lowest BCUT2D eigenvalue weighted by atomic mass is 9.94. The van der Waals surface area contributed by atoms with E-state index < -0.39 is 20.6 Å². The fourth-order valence-electron chi connectivity index (χ4n) is 2.55. The molecule has 7 nitrogen and oxygen atoms in total. The van der Waals surface area contributed by atoms with Crippen LogP contribution in [0.15, 0.2) is 29.2 Å². The third-order valence-electron chi connectivity index (χ3n) is 3.73. The average Bonchev–Trinajstić information content (AvgIpc) is 2.47. The van der Waals surface area contributed by atoms with E-state index in [4.69, 9.17) is 0 Å². The summed E-state index contributed by atoms with van der Waals surface area (Å²) in [6.07, 6.45) is 1.94. The number of nitrogens with zero attached hydrogens (tertiary/aromatic N) is 1. The number of nitro benzene ring substituents is 1. The number of para-hydroxylation sites is 1. The predicted molar refractivity (Wildman–Crippen MR) is 78.5 cm³/mol. The highest BCUT2D eigenvalue weighted by molar-refractivity contribution is 7.89. The van der Waals surface area contributed by atoms with Crippen LogP contribution in [0.4, 0.5) is 5.69 Å². The van der Waals surface area contributed by atoms with Gasteiger partial charge in [0.25, 0.3) is 5.69 Å². The molecule has 0 bridgehead atoms. The Balaban J connectivity index is 2.20. The van der Waals surface area contributed by atoms with Crippen LogP contribution in [0.2, 0.25) is 0 Å². The second-order valence-corrected chi connectivity index (χ2v) is 6.92. The maximum absolute atomic E-state index is 12.4. The first-order valence-corrected chi connectivity index (χ1v) is 8.36. The maximum atomic E-state index is 12.4. The van der Waals surface area contributed by atoms with Crippen LogP contribution in [-0.4, -0.2) is 32.5 Å². The Labute approximate surface area is 123 Å². The minimum atomic E-state index is -3.90. The molecule has 0 saturated carbocycles. The predicted octanol–water partition coefficient (Wildman–Crippen LogP) is 1.26. The van der Waals surface area contributed by atoms with Gasteiger partial charge in [0.2, 0.25) is 10.0 Å². The van der Waals surface area contributed by atoms with Crippen molar-refractivity contribution < 1.29 is 13.3 Å². The van der Waals surface area contributed by atoms with Crippen molar-refractivity contribution in [2.75, 3.05) is 13.1 Å². The highest BCUT2D eigenvalue weighted by Gasteiger charge is 2.29. The largest absolute Gasteiger partial charge is 0.316 e. The molecule has 2 unspecified atom stereocenters. The Hall–Kier alpha value is -1.51. The summed E-state index contributed by atoms with van der Waals surface area (Å²) in [6.45, 7) is 3.49. The van der Waals surface area contributed by atoms with E-state index in [0.29, 0.717) is 0 Å². The topological polar surface area (TPSA) is 101 Å². The molecule has 0 amide bonds. The van der Waals surface area contributed by atoms with Crippen molar-refractivity contribution in [2.45, 2.75) is 30.7 Å². The van der Waals surface area contributed by atoms with Gasteiger partial charge < -0.3 is 5.32 Å². The van der Waals surface area contributed by atoms with Crippen LogP contribution in [0.3, 0.4) is 0 Å². The third kappa shape index (κ3) is 3.78. The second-order valence-electron chi connectivity index (χ2n) is 5.24. The smallest absolute Gasteiger partial charge is 0.289 e. The Bertz CT molecular complexity index is 612. The molecule has 8 heteroatoms. The summed E-state index contributed by atoms with van der Waals surface area (Å²) in [5, 5.41) is 14.2. The van der Waals surface area contributed by atoms with Crippen molar-refractivity contribution in [1.29, 1.82) is 0 Å². The van der Waals surface area contributed by atoms with Gasteiger partial charge in [-0.3, -0.25) is 10.1 Å². The molecule has 0 radical (unpaired) electrons. The zero-order valence-electron chi connectivity index (χ0n) is 11.8. The van der Waals surface area contributed by atoms with E-state index in [1.165, 1.54) is 24.3 Å². The lowest BCUT2D eigenvalue weighted by molar-refractivity contribution is -0.387. The van der Waals surface area contributed by atoms with Gasteiger partial charge in [-0.25, -0.2) is 13.1 Å². The summed E-state index contributed by atoms with van der Waals surface area (Å²) >= 11 is 0. The monoisotopic (exact) mass is 313 g/mol. The molecule has 1 saturated heterocycles. The zero-order valence-corrected chi connectivity index (χ0v) is 12.6. The quantitative estimate of drug-likeness (QED) is 0.629. The summed E-state index contributed by atoms with van der Waals surface area (Å²) in [5.41, 5.74) is -0.404. The van der Waals surface area contributed by atoms with E-state index in [2.05, 4.69) is 10.0 Å². The molecular formula is C13H19N3O4S. The average molecular weight is 313 g/mol. The molecule has 1 fully saturated rings. The molecule has 0 spiro atoms. The van der Waals surface area contributed by atoms with Crippen LogP contribution in [-0.2, 0) is 10.0 Å². The van der Waals surface area contributed by atoms with Gasteiger partial charge >= 0.3 is 0 Å². The first-order chi connectivity index (χ1) is 9.92. The number of sulfonamides is 1. The van der Waals surface area contributed by atoms with Gasteiger partial charge in [0.15, 0.2) is 4.90 Å². The lowest BCUT2D eigenvalue weighted by Gasteiger charge is -2.28. The normalized spacial score (nSPS) is 20.9. The fraction of sp³-hybridized carbons (Fsp3) is 0.538. The van der Waals surface area contributed by atoms with Crippen molar-refractivity contribution >= 4 is 15.7 Å². The summed E-state index contributed by atoms with van der Waals surface area (Å²) < 4.78 is 27.3. The second kappa shape index (κ2) is 6.50. The van der Waals surface area contributed by atoms with E-state index in [1.807, 2.05) is 0 Å². The number of hydrogen-bond acceptors (Lipinski definition) is 5. The highest BCUT2D eigenvalue weighted by atomic mass is 32.2. The number of nitro groups is 1. The Morgan fingerprint density at radius 2 is 2.14 bits per heavy atom. The van der Waals surface area contributed by atoms with E-state index in [0.717, 1.165) is 25.9 Å². The SMILES string of the molecule is CC(NS(=O)(=O)c1ccccc1[N+](=O)[O-])C1CCCNC1. The standard InChI is InChI=1S/C13H19N3O4S/c1-10(11-5-4-8-14-9-11)15-21(19,20)13-7-3-2-6-12(13)16(17)18/h2-3,6-7,10-11,14-15H,4-5,8-9H2,1H3. The van der Waals surface area contributed by atoms with E-state index in [-0.39, 0.29) is 16.9 Å². The van der Waals surface area contributed by atoms with E-state index in [1.54, 1.807) is 6.92 Å². The summed E-state index contributed by atoms with van der Waals surface area (Å²) in [4.78, 5) is 9.99. The van der Waals surface area contributed by atoms with Gasteiger partial charge in [-0.1, -0.05) is 12.1 Å². The molecule has 1 heterocycles. The molecule has 2 atom stereocenters. The van der Waals surface area contributed by atoms with Crippen LogP contribution in [0.1, 0.15) is 19.8 Å². The maximum Gasteiger partial charge on any atom is 0.289 e. The van der Waals surface area contributed by atoms with Gasteiger partial charge in [-0.2, -0.15) is 0 Å². The molecule has 2 rings (SSSR count). The Kier molecular flexibility index (Phi) is 4.92. The van der Waals surface area contributed by atoms with Crippen molar-refractivity contribution in [3.8, 4) is 0 Å². The van der Waals surface area contributed by atoms with Crippen LogP contribution in [0.5, 0.6) is 0 Å². The minimum Gasteiger partial charge on any atom is -0.316 e. The molecule has 1 aromatic rings. The molecule has 116 valence electrons. The van der Waals surface area contributed by atoms with Gasteiger partial charge in [-0.15, -0.1) is 0 Å². The van der Waals surface area contributed by atoms with E-state index in [9.17, 15) is 18.5 Å². The van der Waals surface area contributed by atoms with Crippen LogP contribution >= 0.6 is 0 Å². The fourth-order valence-corrected chi connectivity index (χ4v) is 4.03. The first-order valence-electron chi connectivity index (χ1n) is 6.88. The summed E-state index contributed by atoms with van der Waals surface area (Å²) in [7, 11) is -3.90. The lowest BCUT2D eigenvalue weighted by Crippen LogP contribution is -2.44. The highest BCUT2D eigenvalue weighted by Crippen LogP contribution is 2.24. The van der Waals surface area contributed by atoms with Crippen molar-refractivity contribution in [3.63, 3.8) is 0 Å². The number of piperidine rings is 1. The molecule has 21 heavy (non-hydrogen) atoms. The van der Waals surface area contributed by atoms with E-state index >= 15 is 0 Å². The Morgan fingerprint density at radius 1 is 1.43 bits per heavy atom. The molecule has 2 N–H and O–H groups in total. The van der Waals surface area contributed by atoms with Gasteiger partial charge in [0.1, 0.15) is 0 Å². The number of rotatable bonds is 5.